The van der Waals surface area contributed by atoms with Gasteiger partial charge in [0.1, 0.15) is 6.61 Å². The van der Waals surface area contributed by atoms with Gasteiger partial charge in [-0.05, 0) is 23.3 Å². The highest BCUT2D eigenvalue weighted by atomic mass is 16.6. The summed E-state index contributed by atoms with van der Waals surface area (Å²) in [4.78, 5) is 13.6. The van der Waals surface area contributed by atoms with Crippen molar-refractivity contribution in [3.63, 3.8) is 0 Å². The Labute approximate surface area is 106 Å². The Morgan fingerprint density at radius 1 is 1.28 bits per heavy atom. The lowest BCUT2D eigenvalue weighted by molar-refractivity contribution is 0.0967. The second kappa shape index (κ2) is 4.61. The molecule has 0 aromatic heterocycles. The van der Waals surface area contributed by atoms with Crippen molar-refractivity contribution in [3.05, 3.63) is 35.9 Å². The first-order chi connectivity index (χ1) is 8.79. The van der Waals surface area contributed by atoms with Crippen molar-refractivity contribution < 1.29 is 14.6 Å². The van der Waals surface area contributed by atoms with Crippen molar-refractivity contribution in [2.24, 2.45) is 17.8 Å². The smallest absolute Gasteiger partial charge is 0.410 e. The van der Waals surface area contributed by atoms with Gasteiger partial charge in [-0.3, -0.25) is 0 Å². The number of fused-ring (bicyclic) bond motifs is 1. The maximum atomic E-state index is 11.8. The number of amides is 1. The second-order valence-corrected chi connectivity index (χ2v) is 5.12. The molecule has 2 aliphatic rings. The predicted octanol–water partition coefficient (Wildman–Crippen LogP) is 1.49. The van der Waals surface area contributed by atoms with E-state index in [1.54, 1.807) is 4.90 Å². The number of piperidine rings is 1. The minimum Gasteiger partial charge on any atom is -0.445 e. The SMILES string of the molecule is O=C(OCc1ccccc1)N1C[C@@H]2[C@@H](CO)[C@@H]2C1. The van der Waals surface area contributed by atoms with Gasteiger partial charge in [0.25, 0.3) is 0 Å². The normalized spacial score (nSPS) is 28.9. The van der Waals surface area contributed by atoms with Gasteiger partial charge in [-0.2, -0.15) is 0 Å². The van der Waals surface area contributed by atoms with Crippen molar-refractivity contribution in [1.82, 2.24) is 4.90 Å². The summed E-state index contributed by atoms with van der Waals surface area (Å²) in [5, 5.41) is 9.05. The number of ether oxygens (including phenoxy) is 1. The molecule has 1 aromatic carbocycles. The zero-order valence-corrected chi connectivity index (χ0v) is 10.2. The van der Waals surface area contributed by atoms with Crippen LogP contribution in [0.15, 0.2) is 30.3 Å². The molecule has 2 fully saturated rings. The first-order valence-electron chi connectivity index (χ1n) is 6.36. The van der Waals surface area contributed by atoms with Gasteiger partial charge in [-0.1, -0.05) is 30.3 Å². The molecule has 1 saturated heterocycles. The van der Waals surface area contributed by atoms with E-state index in [2.05, 4.69) is 0 Å². The summed E-state index contributed by atoms with van der Waals surface area (Å²) >= 11 is 0. The van der Waals surface area contributed by atoms with E-state index in [4.69, 9.17) is 9.84 Å². The number of hydrogen-bond acceptors (Lipinski definition) is 3. The molecule has 1 aromatic rings. The van der Waals surface area contributed by atoms with Crippen LogP contribution >= 0.6 is 0 Å². The van der Waals surface area contributed by atoms with Crippen LogP contribution < -0.4 is 0 Å². The highest BCUT2D eigenvalue weighted by Crippen LogP contribution is 2.51. The van der Waals surface area contributed by atoms with Gasteiger partial charge < -0.3 is 14.7 Å². The summed E-state index contributed by atoms with van der Waals surface area (Å²) in [7, 11) is 0. The number of benzene rings is 1. The summed E-state index contributed by atoms with van der Waals surface area (Å²) in [5.74, 6) is 1.42. The molecule has 3 atom stereocenters. The van der Waals surface area contributed by atoms with E-state index in [-0.39, 0.29) is 12.7 Å². The number of hydrogen-bond donors (Lipinski definition) is 1. The first-order valence-corrected chi connectivity index (χ1v) is 6.36. The molecule has 0 radical (unpaired) electrons. The Hall–Kier alpha value is -1.55. The monoisotopic (exact) mass is 247 g/mol. The molecular formula is C14H17NO3. The number of nitrogens with zero attached hydrogens (tertiary/aromatic N) is 1. The Balaban J connectivity index is 1.46. The Morgan fingerprint density at radius 2 is 1.94 bits per heavy atom. The maximum absolute atomic E-state index is 11.8. The maximum Gasteiger partial charge on any atom is 0.410 e. The number of aliphatic hydroxyl groups excluding tert-OH is 1. The molecule has 4 nitrogen and oxygen atoms in total. The van der Waals surface area contributed by atoms with Gasteiger partial charge >= 0.3 is 6.09 Å². The third-order valence-electron chi connectivity index (χ3n) is 4.05. The summed E-state index contributed by atoms with van der Waals surface area (Å²) in [6, 6.07) is 9.68. The van der Waals surface area contributed by atoms with Crippen LogP contribution in [0.3, 0.4) is 0 Å². The van der Waals surface area contributed by atoms with Crippen LogP contribution in [-0.2, 0) is 11.3 Å². The molecule has 1 heterocycles. The molecule has 0 spiro atoms. The van der Waals surface area contributed by atoms with E-state index in [0.29, 0.717) is 24.4 Å². The lowest BCUT2D eigenvalue weighted by Gasteiger charge is -2.19. The highest BCUT2D eigenvalue weighted by molar-refractivity contribution is 5.68. The van der Waals surface area contributed by atoms with Crippen molar-refractivity contribution >= 4 is 6.09 Å². The molecule has 4 heteroatoms. The number of likely N-dealkylation sites (tertiary alicyclic amines) is 1. The number of carbonyl (C=O) groups excluding carboxylic acids is 1. The minimum atomic E-state index is -0.234. The summed E-state index contributed by atoms with van der Waals surface area (Å²) < 4.78 is 5.27. The molecule has 1 N–H and O–H groups in total. The largest absolute Gasteiger partial charge is 0.445 e. The molecule has 18 heavy (non-hydrogen) atoms. The minimum absolute atomic E-state index is 0.234. The zero-order valence-electron chi connectivity index (χ0n) is 10.2. The summed E-state index contributed by atoms with van der Waals surface area (Å²) in [6.45, 7) is 2.06. The van der Waals surface area contributed by atoms with Gasteiger partial charge in [0.05, 0.1) is 0 Å². The van der Waals surface area contributed by atoms with Crippen molar-refractivity contribution in [3.8, 4) is 0 Å². The zero-order chi connectivity index (χ0) is 12.5. The van der Waals surface area contributed by atoms with Crippen LogP contribution in [-0.4, -0.2) is 35.8 Å². The molecule has 1 aliphatic heterocycles. The number of aliphatic hydroxyl groups is 1. The Kier molecular flexibility index (Phi) is 2.96. The van der Waals surface area contributed by atoms with Crippen LogP contribution in [0.5, 0.6) is 0 Å². The molecule has 96 valence electrons. The van der Waals surface area contributed by atoms with Crippen molar-refractivity contribution in [2.75, 3.05) is 19.7 Å². The van der Waals surface area contributed by atoms with Crippen molar-refractivity contribution in [2.45, 2.75) is 6.61 Å². The van der Waals surface area contributed by atoms with E-state index >= 15 is 0 Å². The van der Waals surface area contributed by atoms with Crippen LogP contribution in [0.2, 0.25) is 0 Å². The molecule has 1 aliphatic carbocycles. The number of rotatable bonds is 3. The van der Waals surface area contributed by atoms with Gasteiger partial charge in [-0.15, -0.1) is 0 Å². The predicted molar refractivity (Wildman–Crippen MR) is 65.8 cm³/mol. The van der Waals surface area contributed by atoms with E-state index in [9.17, 15) is 4.79 Å². The highest BCUT2D eigenvalue weighted by Gasteiger charge is 2.56. The lowest BCUT2D eigenvalue weighted by atomic mass is 10.2. The molecular weight excluding hydrogens is 230 g/mol. The summed E-state index contributed by atoms with van der Waals surface area (Å²) in [5.41, 5.74) is 1.00. The summed E-state index contributed by atoms with van der Waals surface area (Å²) in [6.07, 6.45) is -0.234. The Bertz CT molecular complexity index is 422. The van der Waals surface area contributed by atoms with Gasteiger partial charge in [0.2, 0.25) is 0 Å². The molecule has 0 unspecified atom stereocenters. The first kappa shape index (κ1) is 11.5. The van der Waals surface area contributed by atoms with Gasteiger partial charge in [0, 0.05) is 19.7 Å². The molecule has 1 saturated carbocycles. The van der Waals surface area contributed by atoms with E-state index in [1.807, 2.05) is 30.3 Å². The fourth-order valence-electron chi connectivity index (χ4n) is 2.88. The van der Waals surface area contributed by atoms with Gasteiger partial charge in [0.15, 0.2) is 0 Å². The fourth-order valence-corrected chi connectivity index (χ4v) is 2.88. The third-order valence-corrected chi connectivity index (χ3v) is 4.05. The Morgan fingerprint density at radius 3 is 2.56 bits per heavy atom. The van der Waals surface area contributed by atoms with Crippen LogP contribution in [0.1, 0.15) is 5.56 Å². The number of carbonyl (C=O) groups is 1. The average Bonchev–Trinajstić information content (AvgIpc) is 2.88. The second-order valence-electron chi connectivity index (χ2n) is 5.12. The lowest BCUT2D eigenvalue weighted by Crippen LogP contribution is -2.32. The van der Waals surface area contributed by atoms with Crippen LogP contribution in [0, 0.1) is 17.8 Å². The van der Waals surface area contributed by atoms with E-state index in [0.717, 1.165) is 18.7 Å². The molecule has 3 rings (SSSR count). The van der Waals surface area contributed by atoms with E-state index < -0.39 is 0 Å². The van der Waals surface area contributed by atoms with Crippen molar-refractivity contribution in [1.29, 1.82) is 0 Å². The molecule has 1 amide bonds. The fraction of sp³-hybridized carbons (Fsp3) is 0.500. The topological polar surface area (TPSA) is 49.8 Å². The van der Waals surface area contributed by atoms with Gasteiger partial charge in [-0.25, -0.2) is 4.79 Å². The standard InChI is InChI=1S/C14H17NO3/c16-8-13-11-6-15(7-12(11)13)14(17)18-9-10-4-2-1-3-5-10/h1-5,11-13,16H,6-9H2/t11-,12+,13+. The van der Waals surface area contributed by atoms with E-state index in [1.165, 1.54) is 0 Å². The van der Waals surface area contributed by atoms with Crippen LogP contribution in [0.25, 0.3) is 0 Å². The average molecular weight is 247 g/mol. The molecule has 0 bridgehead atoms. The van der Waals surface area contributed by atoms with Crippen LogP contribution in [0.4, 0.5) is 4.79 Å². The quantitative estimate of drug-likeness (QED) is 0.880. The third kappa shape index (κ3) is 2.08.